The van der Waals surface area contributed by atoms with Crippen LogP contribution in [0.1, 0.15) is 11.1 Å². The number of fused-ring (bicyclic) bond motifs is 1. The van der Waals surface area contributed by atoms with Gasteiger partial charge in [0.15, 0.2) is 0 Å². The molecule has 0 amide bonds. The molecular formula is C16H14BrNO. The van der Waals surface area contributed by atoms with Crippen molar-refractivity contribution in [2.75, 3.05) is 0 Å². The van der Waals surface area contributed by atoms with Crippen molar-refractivity contribution >= 4 is 26.8 Å². The van der Waals surface area contributed by atoms with Crippen LogP contribution in [0, 0.1) is 0 Å². The first-order chi connectivity index (χ1) is 9.29. The molecule has 2 aromatic carbocycles. The van der Waals surface area contributed by atoms with Crippen LogP contribution in [0.15, 0.2) is 59.2 Å². The number of nitrogens with zero attached hydrogens (tertiary/aromatic N) is 1. The molecule has 0 fully saturated rings. The average molecular weight is 316 g/mol. The van der Waals surface area contributed by atoms with Gasteiger partial charge in [-0.15, -0.1) is 0 Å². The van der Waals surface area contributed by atoms with Gasteiger partial charge >= 0.3 is 0 Å². The van der Waals surface area contributed by atoms with Crippen molar-refractivity contribution in [1.29, 1.82) is 0 Å². The Morgan fingerprint density at radius 2 is 1.74 bits per heavy atom. The van der Waals surface area contributed by atoms with Gasteiger partial charge < -0.3 is 9.67 Å². The van der Waals surface area contributed by atoms with Crippen molar-refractivity contribution in [3.05, 3.63) is 70.3 Å². The zero-order chi connectivity index (χ0) is 13.2. The van der Waals surface area contributed by atoms with Gasteiger partial charge in [0.1, 0.15) is 0 Å². The molecule has 1 aromatic heterocycles. The first-order valence-corrected chi connectivity index (χ1v) is 7.00. The summed E-state index contributed by atoms with van der Waals surface area (Å²) < 4.78 is 3.29. The standard InChI is InChI=1S/C16H14BrNO/c17-15-7-2-1-4-13(15)10-18-9-8-12-5-3-6-14(11-19)16(12)18/h1-9,19H,10-11H2. The van der Waals surface area contributed by atoms with Gasteiger partial charge in [0.05, 0.1) is 12.1 Å². The van der Waals surface area contributed by atoms with E-state index in [2.05, 4.69) is 44.9 Å². The molecule has 19 heavy (non-hydrogen) atoms. The summed E-state index contributed by atoms with van der Waals surface area (Å²) in [6.45, 7) is 0.860. The lowest BCUT2D eigenvalue weighted by Gasteiger charge is -2.10. The number of halogens is 1. The molecule has 3 heteroatoms. The SMILES string of the molecule is OCc1cccc2ccn(Cc3ccccc3Br)c12. The minimum atomic E-state index is 0.0668. The van der Waals surface area contributed by atoms with Crippen LogP contribution in [0.5, 0.6) is 0 Å². The molecular weight excluding hydrogens is 302 g/mol. The Morgan fingerprint density at radius 3 is 2.53 bits per heavy atom. The predicted molar refractivity (Wildman–Crippen MR) is 81.1 cm³/mol. The van der Waals surface area contributed by atoms with Gasteiger partial charge in [-0.1, -0.05) is 52.3 Å². The predicted octanol–water partition coefficient (Wildman–Crippen LogP) is 3.94. The van der Waals surface area contributed by atoms with Gasteiger partial charge in [-0.25, -0.2) is 0 Å². The van der Waals surface area contributed by atoms with Crippen LogP contribution in [0.25, 0.3) is 10.9 Å². The number of aromatic nitrogens is 1. The van der Waals surface area contributed by atoms with Crippen molar-refractivity contribution in [3.8, 4) is 0 Å². The normalized spacial score (nSPS) is 11.1. The van der Waals surface area contributed by atoms with Gasteiger partial charge in [0.2, 0.25) is 0 Å². The van der Waals surface area contributed by atoms with Crippen molar-refractivity contribution in [2.45, 2.75) is 13.2 Å². The number of benzene rings is 2. The Balaban J connectivity index is 2.09. The maximum absolute atomic E-state index is 9.48. The molecule has 2 nitrogen and oxygen atoms in total. The summed E-state index contributed by atoms with van der Waals surface area (Å²) in [5.41, 5.74) is 3.31. The summed E-state index contributed by atoms with van der Waals surface area (Å²) in [6.07, 6.45) is 2.07. The van der Waals surface area contributed by atoms with E-state index < -0.39 is 0 Å². The number of hydrogen-bond donors (Lipinski definition) is 1. The van der Waals surface area contributed by atoms with Crippen LogP contribution in [-0.4, -0.2) is 9.67 Å². The average Bonchev–Trinajstić information content (AvgIpc) is 2.85. The van der Waals surface area contributed by atoms with E-state index in [1.165, 1.54) is 10.9 Å². The van der Waals surface area contributed by atoms with Crippen LogP contribution in [0.2, 0.25) is 0 Å². The molecule has 0 aliphatic carbocycles. The first kappa shape index (κ1) is 12.5. The van der Waals surface area contributed by atoms with Gasteiger partial charge in [-0.3, -0.25) is 0 Å². The molecule has 0 spiro atoms. The molecule has 0 radical (unpaired) electrons. The highest BCUT2D eigenvalue weighted by atomic mass is 79.9. The maximum Gasteiger partial charge on any atom is 0.0702 e. The number of rotatable bonds is 3. The lowest BCUT2D eigenvalue weighted by molar-refractivity contribution is 0.283. The third kappa shape index (κ3) is 2.31. The highest BCUT2D eigenvalue weighted by Gasteiger charge is 2.07. The summed E-state index contributed by atoms with van der Waals surface area (Å²) in [5, 5.41) is 10.6. The minimum absolute atomic E-state index is 0.0668. The first-order valence-electron chi connectivity index (χ1n) is 6.20. The Morgan fingerprint density at radius 1 is 0.947 bits per heavy atom. The van der Waals surface area contributed by atoms with Crippen molar-refractivity contribution in [2.24, 2.45) is 0 Å². The maximum atomic E-state index is 9.48. The van der Waals surface area contributed by atoms with E-state index >= 15 is 0 Å². The lowest BCUT2D eigenvalue weighted by atomic mass is 10.1. The topological polar surface area (TPSA) is 25.2 Å². The number of aliphatic hydroxyl groups is 1. The Kier molecular flexibility index (Phi) is 3.40. The van der Waals surface area contributed by atoms with E-state index in [1.807, 2.05) is 30.3 Å². The molecule has 1 heterocycles. The Hall–Kier alpha value is -1.58. The third-order valence-electron chi connectivity index (χ3n) is 3.34. The molecule has 3 aromatic rings. The molecule has 0 bridgehead atoms. The second-order valence-corrected chi connectivity index (χ2v) is 5.40. The number of aliphatic hydroxyl groups excluding tert-OH is 1. The quantitative estimate of drug-likeness (QED) is 0.778. The molecule has 0 aliphatic rings. The van der Waals surface area contributed by atoms with Gasteiger partial charge in [-0.05, 0) is 23.1 Å². The fourth-order valence-corrected chi connectivity index (χ4v) is 2.82. The Labute approximate surface area is 120 Å². The van der Waals surface area contributed by atoms with Crippen molar-refractivity contribution < 1.29 is 5.11 Å². The van der Waals surface area contributed by atoms with Crippen LogP contribution in [0.3, 0.4) is 0 Å². The van der Waals surface area contributed by atoms with E-state index in [0.29, 0.717) is 0 Å². The highest BCUT2D eigenvalue weighted by molar-refractivity contribution is 9.10. The highest BCUT2D eigenvalue weighted by Crippen LogP contribution is 2.23. The molecule has 0 aliphatic heterocycles. The summed E-state index contributed by atoms with van der Waals surface area (Å²) in [7, 11) is 0. The summed E-state index contributed by atoms with van der Waals surface area (Å²) in [6, 6.07) is 16.3. The molecule has 0 saturated heterocycles. The molecule has 0 unspecified atom stereocenters. The van der Waals surface area contributed by atoms with E-state index in [0.717, 1.165) is 22.1 Å². The molecule has 0 saturated carbocycles. The van der Waals surface area contributed by atoms with Crippen molar-refractivity contribution in [1.82, 2.24) is 4.57 Å². The fourth-order valence-electron chi connectivity index (χ4n) is 2.41. The van der Waals surface area contributed by atoms with Crippen LogP contribution in [0.4, 0.5) is 0 Å². The molecule has 96 valence electrons. The number of para-hydroxylation sites is 1. The zero-order valence-corrected chi connectivity index (χ0v) is 12.0. The monoisotopic (exact) mass is 315 g/mol. The van der Waals surface area contributed by atoms with Gasteiger partial charge in [-0.2, -0.15) is 0 Å². The van der Waals surface area contributed by atoms with Crippen molar-refractivity contribution in [3.63, 3.8) is 0 Å². The fraction of sp³-hybridized carbons (Fsp3) is 0.125. The van der Waals surface area contributed by atoms with E-state index in [-0.39, 0.29) is 6.61 Å². The molecule has 1 N–H and O–H groups in total. The third-order valence-corrected chi connectivity index (χ3v) is 4.11. The zero-order valence-electron chi connectivity index (χ0n) is 10.4. The van der Waals surface area contributed by atoms with Crippen LogP contribution in [-0.2, 0) is 13.2 Å². The molecule has 0 atom stereocenters. The summed E-state index contributed by atoms with van der Waals surface area (Å²) in [4.78, 5) is 0. The summed E-state index contributed by atoms with van der Waals surface area (Å²) in [5.74, 6) is 0. The van der Waals surface area contributed by atoms with Crippen LogP contribution >= 0.6 is 15.9 Å². The van der Waals surface area contributed by atoms with E-state index in [9.17, 15) is 5.11 Å². The minimum Gasteiger partial charge on any atom is -0.392 e. The Bertz CT molecular complexity index is 718. The number of hydrogen-bond acceptors (Lipinski definition) is 1. The van der Waals surface area contributed by atoms with Gasteiger partial charge in [0.25, 0.3) is 0 Å². The summed E-state index contributed by atoms with van der Waals surface area (Å²) >= 11 is 3.58. The second kappa shape index (κ2) is 5.19. The van der Waals surface area contributed by atoms with E-state index in [1.54, 1.807) is 0 Å². The lowest BCUT2D eigenvalue weighted by Crippen LogP contribution is -2.01. The van der Waals surface area contributed by atoms with E-state index in [4.69, 9.17) is 0 Å². The smallest absolute Gasteiger partial charge is 0.0702 e. The van der Waals surface area contributed by atoms with Gasteiger partial charge in [0, 0.05) is 22.8 Å². The molecule has 3 rings (SSSR count). The second-order valence-electron chi connectivity index (χ2n) is 4.55. The van der Waals surface area contributed by atoms with Crippen LogP contribution < -0.4 is 0 Å². The largest absolute Gasteiger partial charge is 0.392 e.